The summed E-state index contributed by atoms with van der Waals surface area (Å²) in [6.07, 6.45) is 2.12. The fraction of sp³-hybridized carbons (Fsp3) is 0.176. The normalized spacial score (nSPS) is 10.8. The third-order valence-electron chi connectivity index (χ3n) is 3.34. The highest BCUT2D eigenvalue weighted by Crippen LogP contribution is 2.27. The Labute approximate surface area is 136 Å². The third-order valence-corrected chi connectivity index (χ3v) is 3.87. The second kappa shape index (κ2) is 6.32. The number of benzene rings is 1. The van der Waals surface area contributed by atoms with Gasteiger partial charge in [-0.15, -0.1) is 0 Å². The van der Waals surface area contributed by atoms with Crippen LogP contribution >= 0.6 is 15.9 Å². The molecule has 0 bridgehead atoms. The Morgan fingerprint density at radius 3 is 2.73 bits per heavy atom. The van der Waals surface area contributed by atoms with Crippen molar-refractivity contribution in [2.45, 2.75) is 13.3 Å². The lowest BCUT2D eigenvalue weighted by molar-refractivity contribution is -0.142. The van der Waals surface area contributed by atoms with Gasteiger partial charge in [-0.1, -0.05) is 34.1 Å². The van der Waals surface area contributed by atoms with Crippen molar-refractivity contribution in [2.24, 2.45) is 0 Å². The van der Waals surface area contributed by atoms with E-state index >= 15 is 0 Å². The quantitative estimate of drug-likeness (QED) is 0.665. The molecule has 0 aliphatic carbocycles. The van der Waals surface area contributed by atoms with Crippen LogP contribution in [0.3, 0.4) is 0 Å². The van der Waals surface area contributed by atoms with Crippen LogP contribution in [-0.4, -0.2) is 22.0 Å². The first kappa shape index (κ1) is 14.8. The summed E-state index contributed by atoms with van der Waals surface area (Å²) in [6, 6.07) is 13.8. The molecule has 3 rings (SSSR count). The van der Waals surface area contributed by atoms with E-state index in [1.165, 1.54) is 0 Å². The van der Waals surface area contributed by atoms with E-state index in [0.717, 1.165) is 27.1 Å². The van der Waals surface area contributed by atoms with Crippen LogP contribution in [0.15, 0.2) is 53.1 Å². The molecule has 22 heavy (non-hydrogen) atoms. The number of aromatic nitrogens is 2. The fourth-order valence-corrected chi connectivity index (χ4v) is 2.69. The predicted molar refractivity (Wildman–Crippen MR) is 88.7 cm³/mol. The molecule has 0 atom stereocenters. The first-order valence-electron chi connectivity index (χ1n) is 7.06. The summed E-state index contributed by atoms with van der Waals surface area (Å²) in [5.74, 6) is -0.260. The first-order valence-corrected chi connectivity index (χ1v) is 7.86. The largest absolute Gasteiger partial charge is 0.466 e. The molecule has 3 aromatic rings. The van der Waals surface area contributed by atoms with E-state index in [1.807, 2.05) is 53.1 Å². The lowest BCUT2D eigenvalue weighted by atomic mass is 10.1. The standard InChI is InChI=1S/C17H15BrN2O2/c1-2-22-16(21)11-14-17(12-6-8-13(18)9-7-12)20-10-4-3-5-15(20)19-14/h3-10H,2,11H2,1H3. The summed E-state index contributed by atoms with van der Waals surface area (Å²) in [5, 5.41) is 0. The van der Waals surface area contributed by atoms with Gasteiger partial charge in [0.25, 0.3) is 0 Å². The summed E-state index contributed by atoms with van der Waals surface area (Å²) in [7, 11) is 0. The second-order valence-corrected chi connectivity index (χ2v) is 5.74. The van der Waals surface area contributed by atoms with Crippen molar-refractivity contribution >= 4 is 27.5 Å². The van der Waals surface area contributed by atoms with Gasteiger partial charge in [0, 0.05) is 16.2 Å². The van der Waals surface area contributed by atoms with Gasteiger partial charge in [-0.05, 0) is 31.2 Å². The molecule has 1 aromatic carbocycles. The van der Waals surface area contributed by atoms with E-state index in [9.17, 15) is 4.79 Å². The van der Waals surface area contributed by atoms with E-state index in [4.69, 9.17) is 4.74 Å². The van der Waals surface area contributed by atoms with Gasteiger partial charge in [0.05, 0.1) is 24.4 Å². The first-order chi connectivity index (χ1) is 10.7. The molecule has 112 valence electrons. The number of hydrogen-bond acceptors (Lipinski definition) is 3. The van der Waals surface area contributed by atoms with Crippen LogP contribution < -0.4 is 0 Å². The zero-order valence-corrected chi connectivity index (χ0v) is 13.7. The number of esters is 1. The van der Waals surface area contributed by atoms with Crippen molar-refractivity contribution in [2.75, 3.05) is 6.61 Å². The molecular formula is C17H15BrN2O2. The number of hydrogen-bond donors (Lipinski definition) is 0. The number of pyridine rings is 1. The Bertz CT molecular complexity index is 809. The fourth-order valence-electron chi connectivity index (χ4n) is 2.43. The smallest absolute Gasteiger partial charge is 0.311 e. The number of rotatable bonds is 4. The van der Waals surface area contributed by atoms with Crippen LogP contribution in [0.1, 0.15) is 12.6 Å². The van der Waals surface area contributed by atoms with Gasteiger partial charge < -0.3 is 4.74 Å². The Morgan fingerprint density at radius 2 is 2.00 bits per heavy atom. The number of carbonyl (C=O) groups excluding carboxylic acids is 1. The maximum absolute atomic E-state index is 11.8. The minimum Gasteiger partial charge on any atom is -0.466 e. The maximum Gasteiger partial charge on any atom is 0.311 e. The Morgan fingerprint density at radius 1 is 1.23 bits per heavy atom. The highest BCUT2D eigenvalue weighted by Gasteiger charge is 2.17. The van der Waals surface area contributed by atoms with Crippen molar-refractivity contribution in [3.05, 3.63) is 58.8 Å². The number of fused-ring (bicyclic) bond motifs is 1. The molecule has 0 fully saturated rings. The summed E-state index contributed by atoms with van der Waals surface area (Å²) < 4.78 is 8.07. The van der Waals surface area contributed by atoms with Crippen LogP contribution in [-0.2, 0) is 16.0 Å². The Hall–Kier alpha value is -2.14. The summed E-state index contributed by atoms with van der Waals surface area (Å²) in [4.78, 5) is 16.4. The van der Waals surface area contributed by atoms with Crippen LogP contribution in [0.4, 0.5) is 0 Å². The maximum atomic E-state index is 11.8. The molecule has 0 saturated carbocycles. The number of nitrogens with zero attached hydrogens (tertiary/aromatic N) is 2. The molecule has 0 aliphatic rings. The molecule has 5 heteroatoms. The van der Waals surface area contributed by atoms with Gasteiger partial charge in [0.1, 0.15) is 5.65 Å². The van der Waals surface area contributed by atoms with E-state index < -0.39 is 0 Å². The van der Waals surface area contributed by atoms with Crippen molar-refractivity contribution in [3.8, 4) is 11.3 Å². The van der Waals surface area contributed by atoms with Gasteiger partial charge >= 0.3 is 5.97 Å². The summed E-state index contributed by atoms with van der Waals surface area (Å²) >= 11 is 3.44. The highest BCUT2D eigenvalue weighted by atomic mass is 79.9. The molecule has 4 nitrogen and oxygen atoms in total. The predicted octanol–water partition coefficient (Wildman–Crippen LogP) is 3.87. The average molecular weight is 359 g/mol. The summed E-state index contributed by atoms with van der Waals surface area (Å²) in [6.45, 7) is 2.18. The molecule has 2 aromatic heterocycles. The monoisotopic (exact) mass is 358 g/mol. The van der Waals surface area contributed by atoms with E-state index in [2.05, 4.69) is 20.9 Å². The second-order valence-electron chi connectivity index (χ2n) is 4.82. The molecular weight excluding hydrogens is 344 g/mol. The van der Waals surface area contributed by atoms with Crippen LogP contribution in [0, 0.1) is 0 Å². The number of imidazole rings is 1. The molecule has 0 N–H and O–H groups in total. The zero-order chi connectivity index (χ0) is 15.5. The molecule has 0 unspecified atom stereocenters. The molecule has 0 amide bonds. The van der Waals surface area contributed by atoms with Crippen molar-refractivity contribution in [3.63, 3.8) is 0 Å². The van der Waals surface area contributed by atoms with Crippen molar-refractivity contribution < 1.29 is 9.53 Å². The summed E-state index contributed by atoms with van der Waals surface area (Å²) in [5.41, 5.74) is 3.49. The highest BCUT2D eigenvalue weighted by molar-refractivity contribution is 9.10. The van der Waals surface area contributed by atoms with Gasteiger partial charge in [-0.2, -0.15) is 0 Å². The van der Waals surface area contributed by atoms with E-state index in [1.54, 1.807) is 6.92 Å². The van der Waals surface area contributed by atoms with Gasteiger partial charge in [0.2, 0.25) is 0 Å². The van der Waals surface area contributed by atoms with Crippen molar-refractivity contribution in [1.29, 1.82) is 0 Å². The number of halogens is 1. The number of ether oxygens (including phenoxy) is 1. The molecule has 0 radical (unpaired) electrons. The van der Waals surface area contributed by atoms with Crippen LogP contribution in [0.5, 0.6) is 0 Å². The topological polar surface area (TPSA) is 43.6 Å². The SMILES string of the molecule is CCOC(=O)Cc1nc2ccccn2c1-c1ccc(Br)cc1. The molecule has 2 heterocycles. The number of carbonyl (C=O) groups is 1. The zero-order valence-electron chi connectivity index (χ0n) is 12.1. The molecule has 0 saturated heterocycles. The molecule has 0 spiro atoms. The lowest BCUT2D eigenvalue weighted by Gasteiger charge is -2.06. The average Bonchev–Trinajstić information content (AvgIpc) is 2.86. The Kier molecular flexibility index (Phi) is 4.24. The molecule has 0 aliphatic heterocycles. The third kappa shape index (κ3) is 2.90. The van der Waals surface area contributed by atoms with Gasteiger partial charge in [-0.25, -0.2) is 4.98 Å². The minimum atomic E-state index is -0.260. The lowest BCUT2D eigenvalue weighted by Crippen LogP contribution is -2.08. The van der Waals surface area contributed by atoms with E-state index in [0.29, 0.717) is 6.61 Å². The van der Waals surface area contributed by atoms with Crippen LogP contribution in [0.25, 0.3) is 16.9 Å². The van der Waals surface area contributed by atoms with Crippen LogP contribution in [0.2, 0.25) is 0 Å². The van der Waals surface area contributed by atoms with Crippen molar-refractivity contribution in [1.82, 2.24) is 9.38 Å². The van der Waals surface area contributed by atoms with E-state index in [-0.39, 0.29) is 12.4 Å². The van der Waals surface area contributed by atoms with Gasteiger partial charge in [-0.3, -0.25) is 9.20 Å². The minimum absolute atomic E-state index is 0.168. The Balaban J connectivity index is 2.12. The van der Waals surface area contributed by atoms with Gasteiger partial charge in [0.15, 0.2) is 0 Å².